The van der Waals surface area contributed by atoms with Crippen LogP contribution in [0.15, 0.2) is 30.3 Å². The molecule has 0 aliphatic carbocycles. The van der Waals surface area contributed by atoms with Crippen molar-refractivity contribution in [3.63, 3.8) is 0 Å². The molecule has 1 aromatic rings. The summed E-state index contributed by atoms with van der Waals surface area (Å²) in [6.45, 7) is 3.88. The highest BCUT2D eigenvalue weighted by atomic mass is 16.5. The third-order valence-corrected chi connectivity index (χ3v) is 5.32. The van der Waals surface area contributed by atoms with Gasteiger partial charge in [-0.05, 0) is 37.8 Å². The molecule has 1 unspecified atom stereocenters. The average molecular weight is 359 g/mol. The largest absolute Gasteiger partial charge is 0.373 e. The van der Waals surface area contributed by atoms with Gasteiger partial charge in [-0.1, -0.05) is 30.3 Å². The Labute approximate surface area is 155 Å². The molecular weight excluding hydrogens is 330 g/mol. The molecule has 2 amide bonds. The summed E-state index contributed by atoms with van der Waals surface area (Å²) in [4.78, 5) is 27.9. The first-order valence-corrected chi connectivity index (χ1v) is 9.57. The maximum atomic E-state index is 12.8. The summed E-state index contributed by atoms with van der Waals surface area (Å²) < 4.78 is 6.01. The first-order chi connectivity index (χ1) is 12.6. The van der Waals surface area contributed by atoms with Gasteiger partial charge < -0.3 is 15.4 Å². The predicted molar refractivity (Wildman–Crippen MR) is 99.2 cm³/mol. The van der Waals surface area contributed by atoms with Crippen LogP contribution in [0.4, 0.5) is 0 Å². The van der Waals surface area contributed by atoms with Crippen molar-refractivity contribution >= 4 is 11.8 Å². The van der Waals surface area contributed by atoms with E-state index in [1.165, 1.54) is 5.56 Å². The second kappa shape index (κ2) is 9.14. The molecule has 6 heteroatoms. The molecule has 2 heterocycles. The van der Waals surface area contributed by atoms with E-state index in [-0.39, 0.29) is 30.4 Å². The summed E-state index contributed by atoms with van der Waals surface area (Å²) in [6.07, 6.45) is 3.84. The topological polar surface area (TPSA) is 75.9 Å². The van der Waals surface area contributed by atoms with Crippen molar-refractivity contribution in [3.8, 4) is 0 Å². The molecule has 2 N–H and O–H groups in total. The molecule has 1 aromatic carbocycles. The Kier molecular flexibility index (Phi) is 6.63. The molecule has 3 rings (SSSR count). The Morgan fingerprint density at radius 1 is 1.08 bits per heavy atom. The van der Waals surface area contributed by atoms with Crippen LogP contribution in [0.1, 0.15) is 31.2 Å². The van der Waals surface area contributed by atoms with Crippen molar-refractivity contribution in [3.05, 3.63) is 35.9 Å². The van der Waals surface area contributed by atoms with E-state index in [4.69, 9.17) is 10.5 Å². The van der Waals surface area contributed by atoms with Crippen molar-refractivity contribution < 1.29 is 14.3 Å². The van der Waals surface area contributed by atoms with Gasteiger partial charge >= 0.3 is 0 Å². The number of hydrogen-bond donors (Lipinski definition) is 1. The van der Waals surface area contributed by atoms with E-state index in [0.717, 1.165) is 45.3 Å². The number of primary amides is 1. The maximum absolute atomic E-state index is 12.8. The molecule has 0 aromatic heterocycles. The highest BCUT2D eigenvalue weighted by Gasteiger charge is 2.31. The van der Waals surface area contributed by atoms with Crippen LogP contribution in [-0.4, -0.2) is 60.4 Å². The first kappa shape index (κ1) is 18.9. The monoisotopic (exact) mass is 359 g/mol. The minimum absolute atomic E-state index is 0.00936. The zero-order valence-corrected chi connectivity index (χ0v) is 15.3. The lowest BCUT2D eigenvalue weighted by Crippen LogP contribution is -2.49. The quantitative estimate of drug-likeness (QED) is 0.833. The summed E-state index contributed by atoms with van der Waals surface area (Å²) in [5, 5.41) is 0. The normalized spacial score (nSPS) is 22.3. The van der Waals surface area contributed by atoms with Gasteiger partial charge in [-0.25, -0.2) is 0 Å². The molecule has 2 fully saturated rings. The molecule has 2 aliphatic heterocycles. The van der Waals surface area contributed by atoms with Gasteiger partial charge in [-0.15, -0.1) is 0 Å². The molecule has 1 atom stereocenters. The Morgan fingerprint density at radius 3 is 2.50 bits per heavy atom. The number of piperidine rings is 2. The molecule has 0 saturated carbocycles. The average Bonchev–Trinajstić information content (AvgIpc) is 2.67. The van der Waals surface area contributed by atoms with Gasteiger partial charge in [0.25, 0.3) is 0 Å². The van der Waals surface area contributed by atoms with E-state index in [1.807, 2.05) is 28.0 Å². The van der Waals surface area contributed by atoms with Crippen molar-refractivity contribution in [2.45, 2.75) is 38.4 Å². The lowest BCUT2D eigenvalue weighted by Gasteiger charge is -2.37. The van der Waals surface area contributed by atoms with Crippen LogP contribution in [-0.2, 0) is 20.9 Å². The summed E-state index contributed by atoms with van der Waals surface area (Å²) in [6, 6.07) is 10.2. The van der Waals surface area contributed by atoms with Crippen LogP contribution in [0.3, 0.4) is 0 Å². The lowest BCUT2D eigenvalue weighted by atomic mass is 9.95. The number of nitrogens with two attached hydrogens (primary N) is 1. The van der Waals surface area contributed by atoms with E-state index in [0.29, 0.717) is 13.2 Å². The smallest absolute Gasteiger partial charge is 0.231 e. The van der Waals surface area contributed by atoms with E-state index < -0.39 is 0 Å². The van der Waals surface area contributed by atoms with Crippen LogP contribution in [0.25, 0.3) is 0 Å². The van der Waals surface area contributed by atoms with E-state index in [9.17, 15) is 9.59 Å². The number of rotatable bonds is 6. The third kappa shape index (κ3) is 5.29. The number of ether oxygens (including phenoxy) is 1. The fraction of sp³-hybridized carbons (Fsp3) is 0.600. The number of hydrogen-bond acceptors (Lipinski definition) is 4. The molecule has 2 saturated heterocycles. The van der Waals surface area contributed by atoms with Crippen LogP contribution in [0.5, 0.6) is 0 Å². The second-order valence-electron chi connectivity index (χ2n) is 7.36. The Morgan fingerprint density at radius 2 is 1.81 bits per heavy atom. The minimum Gasteiger partial charge on any atom is -0.373 e. The van der Waals surface area contributed by atoms with Crippen LogP contribution in [0, 0.1) is 5.92 Å². The first-order valence-electron chi connectivity index (χ1n) is 9.57. The van der Waals surface area contributed by atoms with Crippen LogP contribution < -0.4 is 5.73 Å². The lowest BCUT2D eigenvalue weighted by molar-refractivity contribution is -0.140. The summed E-state index contributed by atoms with van der Waals surface area (Å²) in [7, 11) is 0. The van der Waals surface area contributed by atoms with Crippen molar-refractivity contribution in [2.24, 2.45) is 11.7 Å². The van der Waals surface area contributed by atoms with Crippen molar-refractivity contribution in [2.75, 3.05) is 32.7 Å². The number of amides is 2. The fourth-order valence-corrected chi connectivity index (χ4v) is 3.91. The van der Waals surface area contributed by atoms with Gasteiger partial charge in [-0.3, -0.25) is 14.5 Å². The minimum atomic E-state index is -0.325. The number of nitrogens with zero attached hydrogens (tertiary/aromatic N) is 2. The highest BCUT2D eigenvalue weighted by molar-refractivity contribution is 5.79. The summed E-state index contributed by atoms with van der Waals surface area (Å²) in [5.74, 6) is -0.111. The number of likely N-dealkylation sites (tertiary alicyclic amines) is 2. The van der Waals surface area contributed by atoms with Crippen LogP contribution >= 0.6 is 0 Å². The van der Waals surface area contributed by atoms with Gasteiger partial charge in [0.15, 0.2) is 0 Å². The molecule has 0 radical (unpaired) electrons. The fourth-order valence-electron chi connectivity index (χ4n) is 3.91. The van der Waals surface area contributed by atoms with Gasteiger partial charge in [0, 0.05) is 19.6 Å². The van der Waals surface area contributed by atoms with E-state index in [1.54, 1.807) is 0 Å². The molecule has 142 valence electrons. The molecule has 0 spiro atoms. The Hall–Kier alpha value is -1.92. The summed E-state index contributed by atoms with van der Waals surface area (Å²) in [5.41, 5.74) is 6.47. The molecular formula is C20H29N3O3. The number of benzene rings is 1. The molecule has 2 aliphatic rings. The standard InChI is InChI=1S/C20H29N3O3/c21-19(24)14-22-10-4-7-17(13-22)20(25)23-11-8-18(9-12-23)26-15-16-5-2-1-3-6-16/h1-3,5-6,17-18H,4,7-15H2,(H2,21,24). The molecule has 6 nitrogen and oxygen atoms in total. The molecule has 26 heavy (non-hydrogen) atoms. The van der Waals surface area contributed by atoms with E-state index >= 15 is 0 Å². The Bertz CT molecular complexity index is 600. The van der Waals surface area contributed by atoms with Crippen molar-refractivity contribution in [1.29, 1.82) is 0 Å². The Balaban J connectivity index is 1.42. The third-order valence-electron chi connectivity index (χ3n) is 5.32. The number of carbonyl (C=O) groups is 2. The van der Waals surface area contributed by atoms with E-state index in [2.05, 4.69) is 12.1 Å². The zero-order valence-electron chi connectivity index (χ0n) is 15.3. The SMILES string of the molecule is NC(=O)CN1CCCC(C(=O)N2CCC(OCc3ccccc3)CC2)C1. The van der Waals surface area contributed by atoms with Crippen molar-refractivity contribution in [1.82, 2.24) is 9.80 Å². The van der Waals surface area contributed by atoms with Gasteiger partial charge in [-0.2, -0.15) is 0 Å². The van der Waals surface area contributed by atoms with Gasteiger partial charge in [0.05, 0.1) is 25.2 Å². The summed E-state index contributed by atoms with van der Waals surface area (Å²) >= 11 is 0. The molecule has 0 bridgehead atoms. The zero-order chi connectivity index (χ0) is 18.4. The van der Waals surface area contributed by atoms with Gasteiger partial charge in [0.1, 0.15) is 0 Å². The van der Waals surface area contributed by atoms with Gasteiger partial charge in [0.2, 0.25) is 11.8 Å². The van der Waals surface area contributed by atoms with Crippen LogP contribution in [0.2, 0.25) is 0 Å². The predicted octanol–water partition coefficient (Wildman–Crippen LogP) is 1.39. The number of carbonyl (C=O) groups excluding carboxylic acids is 2. The second-order valence-corrected chi connectivity index (χ2v) is 7.36. The highest BCUT2D eigenvalue weighted by Crippen LogP contribution is 2.22. The maximum Gasteiger partial charge on any atom is 0.231 e.